The Balaban J connectivity index is 1.83. The van der Waals surface area contributed by atoms with Crippen LogP contribution in [0.1, 0.15) is 56.2 Å². The average Bonchev–Trinajstić information content (AvgIpc) is 2.89. The van der Waals surface area contributed by atoms with Gasteiger partial charge in [0.05, 0.1) is 20.3 Å². The third kappa shape index (κ3) is 7.25. The summed E-state index contributed by atoms with van der Waals surface area (Å²) in [6.07, 6.45) is 1.37. The number of carbonyl (C=O) groups is 1. The number of nitrogens with zero attached hydrogens (tertiary/aromatic N) is 1. The minimum Gasteiger partial charge on any atom is -0.497 e. The van der Waals surface area contributed by atoms with Gasteiger partial charge in [-0.25, -0.2) is 0 Å². The Hall–Kier alpha value is -3.47. The van der Waals surface area contributed by atoms with E-state index >= 15 is 0 Å². The van der Waals surface area contributed by atoms with Crippen LogP contribution in [0.2, 0.25) is 0 Å². The Labute approximate surface area is 209 Å². The monoisotopic (exact) mass is 475 g/mol. The van der Waals surface area contributed by atoms with E-state index in [1.165, 1.54) is 0 Å². The molecule has 0 saturated heterocycles. The standard InChI is InChI=1S/C30H37NO4/c1-6-30(32)31(21-23-11-15-26(16-12-23)35-22(2)3)20-19-27(24-13-17-25(33-4)18-14-24)28-9-7-8-10-29(28)34-5/h7-18,22,27H,6,19-21H2,1-5H3. The molecular formula is C30H37NO4. The smallest absolute Gasteiger partial charge is 0.222 e. The maximum Gasteiger partial charge on any atom is 0.222 e. The molecule has 0 aliphatic carbocycles. The van der Waals surface area contributed by atoms with E-state index in [2.05, 4.69) is 18.2 Å². The van der Waals surface area contributed by atoms with Crippen LogP contribution in [0.3, 0.4) is 0 Å². The van der Waals surface area contributed by atoms with E-state index in [1.807, 2.05) is 80.3 Å². The molecule has 0 heterocycles. The molecule has 3 aromatic rings. The van der Waals surface area contributed by atoms with Crippen molar-refractivity contribution >= 4 is 5.91 Å². The fourth-order valence-corrected chi connectivity index (χ4v) is 4.26. The summed E-state index contributed by atoms with van der Waals surface area (Å²) >= 11 is 0. The summed E-state index contributed by atoms with van der Waals surface area (Å²) in [4.78, 5) is 14.8. The molecule has 0 N–H and O–H groups in total. The molecule has 1 unspecified atom stereocenters. The molecule has 0 spiro atoms. The SMILES string of the molecule is CCC(=O)N(CCC(c1ccc(OC)cc1)c1ccccc1OC)Cc1ccc(OC(C)C)cc1. The predicted octanol–water partition coefficient (Wildman–Crippen LogP) is 6.45. The van der Waals surface area contributed by atoms with E-state index in [4.69, 9.17) is 14.2 Å². The van der Waals surface area contributed by atoms with Crippen molar-refractivity contribution in [3.63, 3.8) is 0 Å². The fourth-order valence-electron chi connectivity index (χ4n) is 4.26. The molecule has 1 amide bonds. The Bertz CT molecular complexity index is 1060. The molecule has 5 heteroatoms. The van der Waals surface area contributed by atoms with Gasteiger partial charge >= 0.3 is 0 Å². The fraction of sp³-hybridized carbons (Fsp3) is 0.367. The van der Waals surface area contributed by atoms with Crippen LogP contribution >= 0.6 is 0 Å². The second kappa shape index (κ2) is 12.8. The molecule has 35 heavy (non-hydrogen) atoms. The zero-order valence-corrected chi connectivity index (χ0v) is 21.5. The summed E-state index contributed by atoms with van der Waals surface area (Å²) in [5.74, 6) is 2.72. The number of ether oxygens (including phenoxy) is 3. The Kier molecular flexibility index (Phi) is 9.59. The molecule has 0 aromatic heterocycles. The number of hydrogen-bond donors (Lipinski definition) is 0. The highest BCUT2D eigenvalue weighted by atomic mass is 16.5. The zero-order valence-electron chi connectivity index (χ0n) is 21.5. The van der Waals surface area contributed by atoms with Crippen molar-refractivity contribution in [1.29, 1.82) is 0 Å². The second-order valence-corrected chi connectivity index (χ2v) is 8.84. The Morgan fingerprint density at radius 2 is 1.51 bits per heavy atom. The highest BCUT2D eigenvalue weighted by Crippen LogP contribution is 2.35. The topological polar surface area (TPSA) is 48.0 Å². The highest BCUT2D eigenvalue weighted by molar-refractivity contribution is 5.75. The lowest BCUT2D eigenvalue weighted by Gasteiger charge is -2.27. The van der Waals surface area contributed by atoms with Crippen LogP contribution in [0, 0.1) is 0 Å². The summed E-state index contributed by atoms with van der Waals surface area (Å²) in [6.45, 7) is 7.13. The summed E-state index contributed by atoms with van der Waals surface area (Å²) in [5.41, 5.74) is 3.36. The predicted molar refractivity (Wildman–Crippen MR) is 140 cm³/mol. The average molecular weight is 476 g/mol. The largest absolute Gasteiger partial charge is 0.497 e. The maximum atomic E-state index is 12.9. The first kappa shape index (κ1) is 26.1. The van der Waals surface area contributed by atoms with Crippen molar-refractivity contribution < 1.29 is 19.0 Å². The quantitative estimate of drug-likeness (QED) is 0.302. The number of benzene rings is 3. The molecule has 0 radical (unpaired) electrons. The number of methoxy groups -OCH3 is 2. The van der Waals surface area contributed by atoms with Crippen molar-refractivity contribution in [3.8, 4) is 17.2 Å². The number of carbonyl (C=O) groups excluding carboxylic acids is 1. The number of para-hydroxylation sites is 1. The van der Waals surface area contributed by atoms with E-state index in [-0.39, 0.29) is 17.9 Å². The van der Waals surface area contributed by atoms with Crippen LogP contribution in [0.15, 0.2) is 72.8 Å². The van der Waals surface area contributed by atoms with E-state index in [9.17, 15) is 4.79 Å². The number of amides is 1. The first-order valence-electron chi connectivity index (χ1n) is 12.2. The molecule has 0 aliphatic rings. The van der Waals surface area contributed by atoms with Crippen molar-refractivity contribution in [2.75, 3.05) is 20.8 Å². The van der Waals surface area contributed by atoms with Crippen molar-refractivity contribution in [3.05, 3.63) is 89.5 Å². The maximum absolute atomic E-state index is 12.9. The summed E-state index contributed by atoms with van der Waals surface area (Å²) in [5, 5.41) is 0. The normalized spacial score (nSPS) is 11.7. The van der Waals surface area contributed by atoms with Crippen LogP contribution in [0.25, 0.3) is 0 Å². The van der Waals surface area contributed by atoms with Gasteiger partial charge in [0.15, 0.2) is 0 Å². The zero-order chi connectivity index (χ0) is 25.2. The molecule has 0 aliphatic heterocycles. The van der Waals surface area contributed by atoms with E-state index in [0.717, 1.165) is 40.4 Å². The molecule has 3 rings (SSSR count). The van der Waals surface area contributed by atoms with Crippen molar-refractivity contribution in [1.82, 2.24) is 4.90 Å². The van der Waals surface area contributed by atoms with Gasteiger partial charge in [-0.1, -0.05) is 49.4 Å². The van der Waals surface area contributed by atoms with Gasteiger partial charge in [0.25, 0.3) is 0 Å². The minimum atomic E-state index is 0.0750. The molecule has 0 saturated carbocycles. The third-order valence-corrected chi connectivity index (χ3v) is 6.04. The van der Waals surface area contributed by atoms with Gasteiger partial charge in [-0.2, -0.15) is 0 Å². The van der Waals surface area contributed by atoms with Crippen molar-refractivity contribution in [2.45, 2.75) is 52.2 Å². The summed E-state index contributed by atoms with van der Waals surface area (Å²) in [6, 6.07) is 24.3. The van der Waals surface area contributed by atoms with Crippen LogP contribution in [-0.2, 0) is 11.3 Å². The first-order valence-corrected chi connectivity index (χ1v) is 12.2. The third-order valence-electron chi connectivity index (χ3n) is 6.04. The van der Waals surface area contributed by atoms with Gasteiger partial charge in [0.1, 0.15) is 17.2 Å². The molecular weight excluding hydrogens is 438 g/mol. The lowest BCUT2D eigenvalue weighted by Crippen LogP contribution is -2.31. The molecule has 0 bridgehead atoms. The number of hydrogen-bond acceptors (Lipinski definition) is 4. The van der Waals surface area contributed by atoms with Gasteiger partial charge in [0.2, 0.25) is 5.91 Å². The van der Waals surface area contributed by atoms with Crippen LogP contribution in [0.4, 0.5) is 0 Å². The molecule has 3 aromatic carbocycles. The van der Waals surface area contributed by atoms with Crippen LogP contribution < -0.4 is 14.2 Å². The lowest BCUT2D eigenvalue weighted by atomic mass is 9.87. The Morgan fingerprint density at radius 1 is 0.857 bits per heavy atom. The van der Waals surface area contributed by atoms with E-state index in [0.29, 0.717) is 19.5 Å². The molecule has 5 nitrogen and oxygen atoms in total. The molecule has 186 valence electrons. The van der Waals surface area contributed by atoms with Crippen LogP contribution in [-0.4, -0.2) is 37.7 Å². The first-order chi connectivity index (χ1) is 16.9. The number of rotatable bonds is 12. The highest BCUT2D eigenvalue weighted by Gasteiger charge is 2.21. The van der Waals surface area contributed by atoms with Crippen LogP contribution in [0.5, 0.6) is 17.2 Å². The van der Waals surface area contributed by atoms with Gasteiger partial charge in [-0.05, 0) is 61.7 Å². The van der Waals surface area contributed by atoms with E-state index < -0.39 is 0 Å². The van der Waals surface area contributed by atoms with Gasteiger partial charge in [-0.3, -0.25) is 4.79 Å². The van der Waals surface area contributed by atoms with Crippen molar-refractivity contribution in [2.24, 2.45) is 0 Å². The minimum absolute atomic E-state index is 0.0750. The van der Waals surface area contributed by atoms with Gasteiger partial charge < -0.3 is 19.1 Å². The molecule has 0 fully saturated rings. The lowest BCUT2D eigenvalue weighted by molar-refractivity contribution is -0.131. The summed E-state index contributed by atoms with van der Waals surface area (Å²) in [7, 11) is 3.37. The van der Waals surface area contributed by atoms with Gasteiger partial charge in [0, 0.05) is 31.0 Å². The van der Waals surface area contributed by atoms with E-state index in [1.54, 1.807) is 14.2 Å². The van der Waals surface area contributed by atoms with Gasteiger partial charge in [-0.15, -0.1) is 0 Å². The second-order valence-electron chi connectivity index (χ2n) is 8.84. The molecule has 1 atom stereocenters. The Morgan fingerprint density at radius 3 is 2.11 bits per heavy atom. The summed E-state index contributed by atoms with van der Waals surface area (Å²) < 4.78 is 16.8.